The third-order valence-electron chi connectivity index (χ3n) is 3.75. The molecule has 2 aromatic carbocycles. The Kier molecular flexibility index (Phi) is 5.20. The van der Waals surface area contributed by atoms with Crippen molar-refractivity contribution in [2.45, 2.75) is 11.4 Å². The summed E-state index contributed by atoms with van der Waals surface area (Å²) in [6.45, 7) is 1.68. The Morgan fingerprint density at radius 1 is 1.16 bits per heavy atom. The van der Waals surface area contributed by atoms with E-state index in [0.29, 0.717) is 19.1 Å². The average Bonchev–Trinajstić information content (AvgIpc) is 2.64. The number of nitrogens with one attached hydrogen (secondary N) is 2. The molecule has 1 heterocycles. The normalized spacial score (nSPS) is 15.2. The summed E-state index contributed by atoms with van der Waals surface area (Å²) in [5.41, 5.74) is 1.18. The molecule has 7 nitrogen and oxygen atoms in total. The molecule has 3 rings (SSSR count). The third-order valence-corrected chi connectivity index (χ3v) is 5.10. The summed E-state index contributed by atoms with van der Waals surface area (Å²) in [7, 11) is -2.15. The topological polar surface area (TPSA) is 83.0 Å². The van der Waals surface area contributed by atoms with E-state index in [9.17, 15) is 8.42 Å². The van der Waals surface area contributed by atoms with Crippen LogP contribution in [0.4, 0.5) is 0 Å². The van der Waals surface area contributed by atoms with Crippen molar-refractivity contribution in [3.8, 4) is 5.75 Å². The van der Waals surface area contributed by atoms with Gasteiger partial charge in [-0.2, -0.15) is 0 Å². The summed E-state index contributed by atoms with van der Waals surface area (Å²) in [6, 6.07) is 16.2. The van der Waals surface area contributed by atoms with Gasteiger partial charge in [0, 0.05) is 6.54 Å². The fourth-order valence-electron chi connectivity index (χ4n) is 2.42. The molecule has 0 aliphatic carbocycles. The van der Waals surface area contributed by atoms with Gasteiger partial charge in [-0.15, -0.1) is 0 Å². The van der Waals surface area contributed by atoms with Crippen LogP contribution in [-0.4, -0.2) is 39.7 Å². The van der Waals surface area contributed by atoms with Crippen LogP contribution >= 0.6 is 0 Å². The number of rotatable bonds is 5. The summed E-state index contributed by atoms with van der Waals surface area (Å²) in [6.07, 6.45) is 0. The Morgan fingerprint density at radius 3 is 2.48 bits per heavy atom. The number of sulfonamides is 1. The predicted molar refractivity (Wildman–Crippen MR) is 95.6 cm³/mol. The van der Waals surface area contributed by atoms with Gasteiger partial charge in [-0.05, 0) is 29.8 Å². The number of methoxy groups -OCH3 is 1. The number of benzene rings is 2. The fraction of sp³-hybridized carbons (Fsp3) is 0.235. The summed E-state index contributed by atoms with van der Waals surface area (Å²) >= 11 is 0. The van der Waals surface area contributed by atoms with Crippen molar-refractivity contribution >= 4 is 16.0 Å². The van der Waals surface area contributed by atoms with Crippen LogP contribution in [0.25, 0.3) is 0 Å². The zero-order valence-corrected chi connectivity index (χ0v) is 14.7. The lowest BCUT2D eigenvalue weighted by Crippen LogP contribution is -2.49. The highest BCUT2D eigenvalue weighted by molar-refractivity contribution is 7.90. The van der Waals surface area contributed by atoms with Crippen LogP contribution in [0.5, 0.6) is 5.75 Å². The van der Waals surface area contributed by atoms with E-state index in [0.717, 1.165) is 6.54 Å². The molecule has 0 aromatic heterocycles. The highest BCUT2D eigenvalue weighted by Gasteiger charge is 2.19. The van der Waals surface area contributed by atoms with Crippen LogP contribution in [-0.2, 0) is 16.6 Å². The molecule has 8 heteroatoms. The van der Waals surface area contributed by atoms with Crippen molar-refractivity contribution in [1.29, 1.82) is 0 Å². The highest BCUT2D eigenvalue weighted by atomic mass is 32.2. The maximum atomic E-state index is 12.4. The largest absolute Gasteiger partial charge is 0.497 e. The summed E-state index contributed by atoms with van der Waals surface area (Å²) in [5.74, 6) is 0.851. The van der Waals surface area contributed by atoms with Crippen molar-refractivity contribution in [2.75, 3.05) is 20.4 Å². The van der Waals surface area contributed by atoms with E-state index in [1.165, 1.54) is 24.8 Å². The van der Waals surface area contributed by atoms with Crippen molar-refractivity contribution < 1.29 is 13.2 Å². The second-order valence-corrected chi connectivity index (χ2v) is 7.26. The Morgan fingerprint density at radius 2 is 1.88 bits per heavy atom. The Labute approximate surface area is 147 Å². The molecule has 0 bridgehead atoms. The van der Waals surface area contributed by atoms with Gasteiger partial charge in [0.2, 0.25) is 5.96 Å². The van der Waals surface area contributed by atoms with Gasteiger partial charge in [0.15, 0.2) is 0 Å². The minimum Gasteiger partial charge on any atom is -0.497 e. The van der Waals surface area contributed by atoms with Crippen LogP contribution in [0.1, 0.15) is 5.56 Å². The minimum atomic E-state index is -3.68. The first kappa shape index (κ1) is 17.2. The lowest BCUT2D eigenvalue weighted by Gasteiger charge is -2.27. The molecule has 0 amide bonds. The van der Waals surface area contributed by atoms with E-state index in [-0.39, 0.29) is 10.9 Å². The second kappa shape index (κ2) is 7.54. The maximum Gasteiger partial charge on any atom is 0.264 e. The smallest absolute Gasteiger partial charge is 0.264 e. The molecule has 0 atom stereocenters. The van der Waals surface area contributed by atoms with Crippen LogP contribution in [0.15, 0.2) is 64.5 Å². The van der Waals surface area contributed by atoms with Crippen LogP contribution in [0.2, 0.25) is 0 Å². The fourth-order valence-corrected chi connectivity index (χ4v) is 3.42. The Hall–Kier alpha value is -2.58. The van der Waals surface area contributed by atoms with Gasteiger partial charge in [-0.1, -0.05) is 30.3 Å². The molecule has 0 saturated heterocycles. The molecule has 0 fully saturated rings. The Balaban J connectivity index is 1.61. The lowest BCUT2D eigenvalue weighted by atomic mass is 10.2. The summed E-state index contributed by atoms with van der Waals surface area (Å²) < 4.78 is 32.3. The van der Waals surface area contributed by atoms with E-state index in [1.54, 1.807) is 12.1 Å². The molecule has 2 aromatic rings. The number of ether oxygens (including phenoxy) is 1. The van der Waals surface area contributed by atoms with Gasteiger partial charge in [-0.3, -0.25) is 4.90 Å². The molecule has 132 valence electrons. The molecule has 0 unspecified atom stereocenters. The van der Waals surface area contributed by atoms with Crippen LogP contribution < -0.4 is 14.8 Å². The number of nitrogens with zero attached hydrogens (tertiary/aromatic N) is 2. The summed E-state index contributed by atoms with van der Waals surface area (Å²) in [4.78, 5) is 6.49. The molecule has 2 N–H and O–H groups in total. The first-order valence-corrected chi connectivity index (χ1v) is 9.26. The number of hydrogen-bond acceptors (Lipinski definition) is 6. The van der Waals surface area contributed by atoms with E-state index >= 15 is 0 Å². The van der Waals surface area contributed by atoms with E-state index in [4.69, 9.17) is 4.74 Å². The molecular formula is C17H20N4O3S. The van der Waals surface area contributed by atoms with Gasteiger partial charge in [0.05, 0.1) is 25.3 Å². The Bertz CT molecular complexity index is 836. The zero-order chi connectivity index (χ0) is 17.7. The quantitative estimate of drug-likeness (QED) is 0.841. The molecule has 0 radical (unpaired) electrons. The van der Waals surface area contributed by atoms with Gasteiger partial charge >= 0.3 is 0 Å². The second-order valence-electron chi connectivity index (χ2n) is 5.58. The van der Waals surface area contributed by atoms with Gasteiger partial charge in [0.25, 0.3) is 10.0 Å². The standard InChI is InChI=1S/C17H20N4O3S/c1-24-15-7-9-16(10-8-15)25(22,23)20-17-18-12-21(13-19-17)11-14-5-3-2-4-6-14/h2-10H,11-13H2,1H3,(H2,18,19,20). The van der Waals surface area contributed by atoms with Crippen molar-refractivity contribution in [3.05, 3.63) is 60.2 Å². The first-order valence-electron chi connectivity index (χ1n) is 7.78. The third kappa shape index (κ3) is 4.49. The number of guanidine groups is 1. The average molecular weight is 360 g/mol. The molecular weight excluding hydrogens is 340 g/mol. The zero-order valence-electron chi connectivity index (χ0n) is 13.8. The molecule has 1 aliphatic heterocycles. The van der Waals surface area contributed by atoms with Crippen LogP contribution in [0, 0.1) is 0 Å². The SMILES string of the molecule is COc1ccc(S(=O)(=O)NC2=NCN(Cc3ccccc3)CN2)cc1. The minimum absolute atomic E-state index is 0.157. The van der Waals surface area contributed by atoms with E-state index in [1.807, 2.05) is 30.3 Å². The van der Waals surface area contributed by atoms with Crippen LogP contribution in [0.3, 0.4) is 0 Å². The lowest BCUT2D eigenvalue weighted by molar-refractivity contribution is 0.255. The van der Waals surface area contributed by atoms with E-state index < -0.39 is 10.0 Å². The van der Waals surface area contributed by atoms with Gasteiger partial charge in [0.1, 0.15) is 5.75 Å². The molecule has 25 heavy (non-hydrogen) atoms. The molecule has 1 aliphatic rings. The van der Waals surface area contributed by atoms with Crippen molar-refractivity contribution in [2.24, 2.45) is 4.99 Å². The summed E-state index contributed by atoms with van der Waals surface area (Å²) in [5, 5.41) is 3.00. The monoisotopic (exact) mass is 360 g/mol. The van der Waals surface area contributed by atoms with E-state index in [2.05, 4.69) is 19.9 Å². The number of aliphatic imine (C=N–C) groups is 1. The van der Waals surface area contributed by atoms with Crippen molar-refractivity contribution in [1.82, 2.24) is 14.9 Å². The highest BCUT2D eigenvalue weighted by Crippen LogP contribution is 2.15. The van der Waals surface area contributed by atoms with Gasteiger partial charge in [-0.25, -0.2) is 18.1 Å². The first-order chi connectivity index (χ1) is 12.1. The van der Waals surface area contributed by atoms with Gasteiger partial charge < -0.3 is 10.1 Å². The molecule has 0 spiro atoms. The molecule has 0 saturated carbocycles. The van der Waals surface area contributed by atoms with Crippen molar-refractivity contribution in [3.63, 3.8) is 0 Å². The number of hydrogen-bond donors (Lipinski definition) is 2. The predicted octanol–water partition coefficient (Wildman–Crippen LogP) is 1.35. The maximum absolute atomic E-state index is 12.4.